The van der Waals surface area contributed by atoms with Gasteiger partial charge < -0.3 is 15.2 Å². The second-order valence-corrected chi connectivity index (χ2v) is 5.89. The number of rotatable bonds is 6. The minimum atomic E-state index is -1.13. The van der Waals surface area contributed by atoms with Crippen LogP contribution in [0.4, 0.5) is 0 Å². The van der Waals surface area contributed by atoms with Crippen molar-refractivity contribution >= 4 is 35.1 Å². The number of carboxylic acid groups (broad SMARTS) is 1. The number of carbonyl (C=O) groups is 2. The van der Waals surface area contributed by atoms with Crippen LogP contribution in [0.15, 0.2) is 42.5 Å². The largest absolute Gasteiger partial charge is 0.495 e. The third-order valence-electron chi connectivity index (χ3n) is 3.37. The Morgan fingerprint density at radius 3 is 2.38 bits per heavy atom. The van der Waals surface area contributed by atoms with E-state index in [0.717, 1.165) is 0 Å². The lowest BCUT2D eigenvalue weighted by Crippen LogP contribution is -2.42. The molecule has 0 aliphatic carbocycles. The van der Waals surface area contributed by atoms with E-state index in [0.29, 0.717) is 26.9 Å². The van der Waals surface area contributed by atoms with Gasteiger partial charge in [0.25, 0.3) is 5.91 Å². The summed E-state index contributed by atoms with van der Waals surface area (Å²) in [6.07, 6.45) is 0.0956. The average molecular weight is 368 g/mol. The molecule has 2 rings (SSSR count). The highest BCUT2D eigenvalue weighted by Crippen LogP contribution is 2.25. The van der Waals surface area contributed by atoms with E-state index < -0.39 is 17.9 Å². The van der Waals surface area contributed by atoms with Crippen molar-refractivity contribution in [2.45, 2.75) is 12.5 Å². The fraction of sp³-hybridized carbons (Fsp3) is 0.176. The number of benzene rings is 2. The summed E-state index contributed by atoms with van der Waals surface area (Å²) in [5.74, 6) is -1.12. The summed E-state index contributed by atoms with van der Waals surface area (Å²) in [6, 6.07) is 10.1. The van der Waals surface area contributed by atoms with Crippen LogP contribution in [0.2, 0.25) is 10.0 Å². The van der Waals surface area contributed by atoms with Gasteiger partial charge in [-0.15, -0.1) is 0 Å². The number of hydrogen-bond donors (Lipinski definition) is 2. The van der Waals surface area contributed by atoms with Crippen molar-refractivity contribution in [1.82, 2.24) is 5.32 Å². The first-order valence-electron chi connectivity index (χ1n) is 7.02. The van der Waals surface area contributed by atoms with Crippen molar-refractivity contribution in [2.24, 2.45) is 0 Å². The molecule has 1 amide bonds. The quantitative estimate of drug-likeness (QED) is 0.819. The smallest absolute Gasteiger partial charge is 0.326 e. The molecule has 0 heterocycles. The van der Waals surface area contributed by atoms with E-state index in [1.54, 1.807) is 30.3 Å². The van der Waals surface area contributed by atoms with Gasteiger partial charge in [0.05, 0.1) is 12.1 Å². The Balaban J connectivity index is 2.12. The van der Waals surface area contributed by atoms with Crippen LogP contribution in [0.1, 0.15) is 15.9 Å². The van der Waals surface area contributed by atoms with E-state index in [1.165, 1.54) is 19.2 Å². The van der Waals surface area contributed by atoms with Gasteiger partial charge in [-0.1, -0.05) is 29.3 Å². The molecule has 0 spiro atoms. The number of ether oxygens (including phenoxy) is 1. The van der Waals surface area contributed by atoms with Crippen molar-refractivity contribution in [1.29, 1.82) is 0 Å². The van der Waals surface area contributed by atoms with Gasteiger partial charge >= 0.3 is 5.97 Å². The molecule has 7 heteroatoms. The van der Waals surface area contributed by atoms with E-state index in [4.69, 9.17) is 27.9 Å². The maximum absolute atomic E-state index is 12.2. The number of carboxylic acids is 1. The van der Waals surface area contributed by atoms with E-state index in [1.807, 2.05) is 0 Å². The minimum absolute atomic E-state index is 0.0956. The molecule has 2 aromatic rings. The van der Waals surface area contributed by atoms with Crippen LogP contribution < -0.4 is 10.1 Å². The van der Waals surface area contributed by atoms with Crippen LogP contribution >= 0.6 is 23.2 Å². The Hall–Kier alpha value is -2.24. The molecule has 5 nitrogen and oxygen atoms in total. The first-order valence-corrected chi connectivity index (χ1v) is 7.78. The molecule has 1 atom stereocenters. The zero-order valence-electron chi connectivity index (χ0n) is 12.8. The van der Waals surface area contributed by atoms with E-state index in [2.05, 4.69) is 5.32 Å². The van der Waals surface area contributed by atoms with Gasteiger partial charge in [-0.25, -0.2) is 4.79 Å². The van der Waals surface area contributed by atoms with Crippen LogP contribution in [-0.4, -0.2) is 30.1 Å². The number of nitrogens with one attached hydrogen (secondary N) is 1. The molecule has 126 valence electrons. The highest BCUT2D eigenvalue weighted by Gasteiger charge is 2.21. The number of methoxy groups -OCH3 is 1. The van der Waals surface area contributed by atoms with Crippen LogP contribution in [-0.2, 0) is 11.2 Å². The zero-order valence-corrected chi connectivity index (χ0v) is 14.3. The molecule has 24 heavy (non-hydrogen) atoms. The number of halogens is 2. The van der Waals surface area contributed by atoms with Crippen molar-refractivity contribution in [3.8, 4) is 5.75 Å². The molecule has 0 unspecified atom stereocenters. The van der Waals surface area contributed by atoms with Gasteiger partial charge in [-0.3, -0.25) is 4.79 Å². The third-order valence-corrected chi connectivity index (χ3v) is 3.91. The molecule has 0 saturated heterocycles. The molecular formula is C17H15Cl2NO4. The van der Waals surface area contributed by atoms with Crippen molar-refractivity contribution in [3.63, 3.8) is 0 Å². The van der Waals surface area contributed by atoms with Gasteiger partial charge in [-0.2, -0.15) is 0 Å². The first-order chi connectivity index (χ1) is 11.4. The molecule has 0 aliphatic heterocycles. The second kappa shape index (κ2) is 8.04. The predicted molar refractivity (Wildman–Crippen MR) is 92.1 cm³/mol. The fourth-order valence-electron chi connectivity index (χ4n) is 2.12. The Kier molecular flexibility index (Phi) is 6.06. The highest BCUT2D eigenvalue weighted by molar-refractivity contribution is 6.32. The summed E-state index contributed by atoms with van der Waals surface area (Å²) >= 11 is 11.8. The zero-order chi connectivity index (χ0) is 17.7. The highest BCUT2D eigenvalue weighted by atomic mass is 35.5. The molecule has 0 saturated carbocycles. The Labute approximate surface area is 149 Å². The van der Waals surface area contributed by atoms with Gasteiger partial charge in [0.2, 0.25) is 0 Å². The lowest BCUT2D eigenvalue weighted by atomic mass is 10.1. The molecule has 0 aliphatic rings. The lowest BCUT2D eigenvalue weighted by molar-refractivity contribution is -0.139. The van der Waals surface area contributed by atoms with Crippen LogP contribution in [0.5, 0.6) is 5.75 Å². The Morgan fingerprint density at radius 1 is 1.17 bits per heavy atom. The molecular weight excluding hydrogens is 353 g/mol. The number of amides is 1. The molecule has 0 aromatic heterocycles. The van der Waals surface area contributed by atoms with E-state index in [9.17, 15) is 14.7 Å². The fourth-order valence-corrected chi connectivity index (χ4v) is 2.52. The summed E-state index contributed by atoms with van der Waals surface area (Å²) in [7, 11) is 1.49. The molecule has 0 bridgehead atoms. The normalized spacial score (nSPS) is 11.6. The summed E-state index contributed by atoms with van der Waals surface area (Å²) in [4.78, 5) is 23.6. The third kappa shape index (κ3) is 4.63. The SMILES string of the molecule is COc1ccc(C[C@H](NC(=O)c2ccc(Cl)cc2)C(=O)O)cc1Cl. The van der Waals surface area contributed by atoms with E-state index in [-0.39, 0.29) is 6.42 Å². The number of hydrogen-bond acceptors (Lipinski definition) is 3. The first kappa shape index (κ1) is 18.1. The maximum atomic E-state index is 12.2. The van der Waals surface area contributed by atoms with Crippen LogP contribution in [0.25, 0.3) is 0 Å². The van der Waals surface area contributed by atoms with Gasteiger partial charge in [0, 0.05) is 17.0 Å². The van der Waals surface area contributed by atoms with Crippen molar-refractivity contribution in [3.05, 3.63) is 63.6 Å². The molecule has 0 fully saturated rings. The monoisotopic (exact) mass is 367 g/mol. The predicted octanol–water partition coefficient (Wildman–Crippen LogP) is 3.43. The molecule has 2 N–H and O–H groups in total. The average Bonchev–Trinajstić information content (AvgIpc) is 2.54. The van der Waals surface area contributed by atoms with Gasteiger partial charge in [0.15, 0.2) is 0 Å². The van der Waals surface area contributed by atoms with Gasteiger partial charge in [-0.05, 0) is 42.0 Å². The number of aliphatic carboxylic acids is 1. The summed E-state index contributed by atoms with van der Waals surface area (Å²) in [5.41, 5.74) is 1.00. The minimum Gasteiger partial charge on any atom is -0.495 e. The summed E-state index contributed by atoms with van der Waals surface area (Å²) in [5, 5.41) is 12.7. The second-order valence-electron chi connectivity index (χ2n) is 5.04. The summed E-state index contributed by atoms with van der Waals surface area (Å²) in [6.45, 7) is 0. The van der Waals surface area contributed by atoms with Gasteiger partial charge in [0.1, 0.15) is 11.8 Å². The molecule has 0 radical (unpaired) electrons. The Bertz CT molecular complexity index is 747. The molecule has 2 aromatic carbocycles. The van der Waals surface area contributed by atoms with E-state index >= 15 is 0 Å². The maximum Gasteiger partial charge on any atom is 0.326 e. The topological polar surface area (TPSA) is 75.6 Å². The van der Waals surface area contributed by atoms with Crippen LogP contribution in [0.3, 0.4) is 0 Å². The standard InChI is InChI=1S/C17H15Cl2NO4/c1-24-15-7-2-10(8-13(15)19)9-14(17(22)23)20-16(21)11-3-5-12(18)6-4-11/h2-8,14H,9H2,1H3,(H,20,21)(H,22,23)/t14-/m0/s1. The lowest BCUT2D eigenvalue weighted by Gasteiger charge is -2.15. The Morgan fingerprint density at radius 2 is 1.83 bits per heavy atom. The summed E-state index contributed by atoms with van der Waals surface area (Å²) < 4.78 is 5.06. The van der Waals surface area contributed by atoms with Crippen molar-refractivity contribution in [2.75, 3.05) is 7.11 Å². The van der Waals surface area contributed by atoms with Crippen LogP contribution in [0, 0.1) is 0 Å². The van der Waals surface area contributed by atoms with Crippen molar-refractivity contribution < 1.29 is 19.4 Å². The number of carbonyl (C=O) groups excluding carboxylic acids is 1.